The third-order valence-electron chi connectivity index (χ3n) is 4.71. The van der Waals surface area contributed by atoms with Crippen molar-refractivity contribution in [2.75, 3.05) is 11.1 Å². The molecule has 0 aliphatic rings. The molecule has 4 rings (SSSR count). The smallest absolute Gasteiger partial charge is 0.234 e. The van der Waals surface area contributed by atoms with E-state index in [2.05, 4.69) is 15.5 Å². The van der Waals surface area contributed by atoms with Gasteiger partial charge in [-0.3, -0.25) is 9.36 Å². The Morgan fingerprint density at radius 1 is 1.00 bits per heavy atom. The molecule has 0 spiro atoms. The van der Waals surface area contributed by atoms with Crippen LogP contribution in [0, 0.1) is 17.5 Å². The van der Waals surface area contributed by atoms with Crippen molar-refractivity contribution in [3.05, 3.63) is 96.1 Å². The Bertz CT molecular complexity index is 1300. The van der Waals surface area contributed by atoms with Crippen molar-refractivity contribution in [1.82, 2.24) is 14.8 Å². The predicted molar refractivity (Wildman–Crippen MR) is 123 cm³/mol. The number of benzene rings is 3. The molecular weight excluding hydrogens is 465 g/mol. The molecule has 10 heteroatoms. The van der Waals surface area contributed by atoms with Gasteiger partial charge in [-0.2, -0.15) is 0 Å². The van der Waals surface area contributed by atoms with E-state index in [1.165, 1.54) is 12.1 Å². The van der Waals surface area contributed by atoms with Gasteiger partial charge in [0.15, 0.2) is 28.7 Å². The number of carbonyl (C=O) groups is 1. The molecule has 1 N–H and O–H groups in total. The van der Waals surface area contributed by atoms with Gasteiger partial charge in [-0.05, 0) is 43.3 Å². The summed E-state index contributed by atoms with van der Waals surface area (Å²) in [7, 11) is 0. The van der Waals surface area contributed by atoms with Gasteiger partial charge in [0.05, 0.1) is 11.4 Å². The van der Waals surface area contributed by atoms with E-state index in [9.17, 15) is 18.0 Å². The Morgan fingerprint density at radius 2 is 1.74 bits per heavy atom. The van der Waals surface area contributed by atoms with Crippen LogP contribution in [-0.2, 0) is 4.79 Å². The van der Waals surface area contributed by atoms with E-state index < -0.39 is 29.5 Å². The van der Waals surface area contributed by atoms with E-state index in [0.717, 1.165) is 30.0 Å². The van der Waals surface area contributed by atoms with E-state index in [1.54, 1.807) is 23.6 Å². The molecule has 1 heterocycles. The van der Waals surface area contributed by atoms with Gasteiger partial charge < -0.3 is 10.1 Å². The Labute approximate surface area is 197 Å². The molecule has 6 nitrogen and oxygen atoms in total. The van der Waals surface area contributed by atoms with Gasteiger partial charge in [-0.25, -0.2) is 13.2 Å². The Kier molecular flexibility index (Phi) is 7.17. The number of hydrogen-bond acceptors (Lipinski definition) is 5. The maximum Gasteiger partial charge on any atom is 0.234 e. The fraction of sp³-hybridized carbons (Fsp3) is 0.125. The van der Waals surface area contributed by atoms with Crippen LogP contribution in [0.5, 0.6) is 5.75 Å². The number of hydrogen-bond donors (Lipinski definition) is 1. The van der Waals surface area contributed by atoms with Crippen molar-refractivity contribution in [2.45, 2.75) is 18.2 Å². The number of carbonyl (C=O) groups excluding carboxylic acids is 1. The summed E-state index contributed by atoms with van der Waals surface area (Å²) in [4.78, 5) is 12.4. The molecule has 1 unspecified atom stereocenters. The number of nitrogens with one attached hydrogen (secondary N) is 1. The Hall–Kier alpha value is -3.79. The second-order valence-corrected chi connectivity index (χ2v) is 8.11. The van der Waals surface area contributed by atoms with Gasteiger partial charge in [0.2, 0.25) is 5.91 Å². The number of thioether (sulfide) groups is 1. The highest BCUT2D eigenvalue weighted by Crippen LogP contribution is 2.29. The third kappa shape index (κ3) is 5.40. The van der Waals surface area contributed by atoms with Crippen LogP contribution in [0.15, 0.2) is 78.0 Å². The number of aromatic nitrogens is 3. The Morgan fingerprint density at radius 3 is 2.50 bits per heavy atom. The molecule has 0 saturated heterocycles. The standard InChI is InChI=1S/C24H19F3N4O2S/c1-15(33-21-10-6-5-9-19(21)27)23-29-30-24(31(23)17-7-3-2-4-8-17)34-14-22(32)28-20-13-16(25)11-12-18(20)26/h2-13,15H,14H2,1H3,(H,28,32). The summed E-state index contributed by atoms with van der Waals surface area (Å²) in [5, 5.41) is 11.1. The van der Waals surface area contributed by atoms with Gasteiger partial charge in [0.25, 0.3) is 0 Å². The summed E-state index contributed by atoms with van der Waals surface area (Å²) in [6.45, 7) is 1.71. The van der Waals surface area contributed by atoms with Crippen LogP contribution in [0.25, 0.3) is 5.69 Å². The highest BCUT2D eigenvalue weighted by Gasteiger charge is 2.22. The Balaban J connectivity index is 1.55. The van der Waals surface area contributed by atoms with E-state index in [1.807, 2.05) is 30.3 Å². The molecule has 1 atom stereocenters. The first-order chi connectivity index (χ1) is 16.4. The normalized spacial score (nSPS) is 11.8. The molecule has 34 heavy (non-hydrogen) atoms. The first kappa shape index (κ1) is 23.4. The van der Waals surface area contributed by atoms with Crippen molar-refractivity contribution < 1.29 is 22.7 Å². The van der Waals surface area contributed by atoms with Crippen LogP contribution < -0.4 is 10.1 Å². The van der Waals surface area contributed by atoms with Crippen molar-refractivity contribution in [2.24, 2.45) is 0 Å². The summed E-state index contributed by atoms with van der Waals surface area (Å²) in [5.41, 5.74) is 0.466. The summed E-state index contributed by atoms with van der Waals surface area (Å²) < 4.78 is 48.7. The number of rotatable bonds is 8. The molecule has 1 amide bonds. The lowest BCUT2D eigenvalue weighted by Crippen LogP contribution is -2.16. The molecule has 0 bridgehead atoms. The van der Waals surface area contributed by atoms with Crippen LogP contribution in [0.3, 0.4) is 0 Å². The SMILES string of the molecule is CC(Oc1ccccc1F)c1nnc(SCC(=O)Nc2cc(F)ccc2F)n1-c1ccccc1. The van der Waals surface area contributed by atoms with Gasteiger partial charge in [-0.1, -0.05) is 42.1 Å². The van der Waals surface area contributed by atoms with Crippen molar-refractivity contribution in [1.29, 1.82) is 0 Å². The van der Waals surface area contributed by atoms with Crippen LogP contribution in [0.1, 0.15) is 18.9 Å². The zero-order valence-electron chi connectivity index (χ0n) is 17.9. The first-order valence-corrected chi connectivity index (χ1v) is 11.2. The van der Waals surface area contributed by atoms with E-state index in [-0.39, 0.29) is 17.2 Å². The second-order valence-electron chi connectivity index (χ2n) is 7.16. The number of nitrogens with zero attached hydrogens (tertiary/aromatic N) is 3. The highest BCUT2D eigenvalue weighted by atomic mass is 32.2. The van der Waals surface area contributed by atoms with Gasteiger partial charge in [0, 0.05) is 11.8 Å². The van der Waals surface area contributed by atoms with Crippen molar-refractivity contribution in [3.8, 4) is 11.4 Å². The average Bonchev–Trinajstić information content (AvgIpc) is 3.26. The minimum absolute atomic E-state index is 0.0725. The fourth-order valence-electron chi connectivity index (χ4n) is 3.15. The van der Waals surface area contributed by atoms with Gasteiger partial charge >= 0.3 is 0 Å². The first-order valence-electron chi connectivity index (χ1n) is 10.2. The summed E-state index contributed by atoms with van der Waals surface area (Å²) in [6.07, 6.45) is -0.672. The molecule has 0 aliphatic carbocycles. The number of ether oxygens (including phenoxy) is 1. The summed E-state index contributed by atoms with van der Waals surface area (Å²) in [6, 6.07) is 18.0. The van der Waals surface area contributed by atoms with E-state index in [0.29, 0.717) is 16.7 Å². The third-order valence-corrected chi connectivity index (χ3v) is 5.64. The van der Waals surface area contributed by atoms with Gasteiger partial charge in [-0.15, -0.1) is 10.2 Å². The van der Waals surface area contributed by atoms with Crippen LogP contribution in [0.4, 0.5) is 18.9 Å². The quantitative estimate of drug-likeness (QED) is 0.332. The molecule has 0 fully saturated rings. The largest absolute Gasteiger partial charge is 0.480 e. The minimum Gasteiger partial charge on any atom is -0.480 e. The summed E-state index contributed by atoms with van der Waals surface area (Å²) in [5.74, 6) is -2.12. The molecule has 0 saturated carbocycles. The minimum atomic E-state index is -0.742. The zero-order chi connectivity index (χ0) is 24.1. The molecule has 3 aromatic carbocycles. The fourth-order valence-corrected chi connectivity index (χ4v) is 3.91. The lowest BCUT2D eigenvalue weighted by molar-refractivity contribution is -0.113. The topological polar surface area (TPSA) is 69.0 Å². The maximum absolute atomic E-state index is 14.1. The van der Waals surface area contributed by atoms with Crippen LogP contribution >= 0.6 is 11.8 Å². The average molecular weight is 485 g/mol. The lowest BCUT2D eigenvalue weighted by atomic mass is 10.3. The molecule has 0 aliphatic heterocycles. The molecule has 0 radical (unpaired) electrons. The molecule has 174 valence electrons. The number of para-hydroxylation sites is 2. The highest BCUT2D eigenvalue weighted by molar-refractivity contribution is 7.99. The lowest BCUT2D eigenvalue weighted by Gasteiger charge is -2.17. The number of anilines is 1. The molecular formula is C24H19F3N4O2S. The second kappa shape index (κ2) is 10.4. The molecule has 4 aromatic rings. The maximum atomic E-state index is 14.1. The number of amides is 1. The molecule has 1 aromatic heterocycles. The summed E-state index contributed by atoms with van der Waals surface area (Å²) >= 11 is 1.06. The van der Waals surface area contributed by atoms with Crippen LogP contribution in [0.2, 0.25) is 0 Å². The monoisotopic (exact) mass is 484 g/mol. The van der Waals surface area contributed by atoms with Gasteiger partial charge in [0.1, 0.15) is 11.6 Å². The predicted octanol–water partition coefficient (Wildman–Crippen LogP) is 5.56. The van der Waals surface area contributed by atoms with Crippen molar-refractivity contribution >= 4 is 23.4 Å². The zero-order valence-corrected chi connectivity index (χ0v) is 18.7. The van der Waals surface area contributed by atoms with E-state index in [4.69, 9.17) is 4.74 Å². The van der Waals surface area contributed by atoms with E-state index >= 15 is 0 Å². The van der Waals surface area contributed by atoms with Crippen molar-refractivity contribution in [3.63, 3.8) is 0 Å². The number of halogens is 3. The van der Waals surface area contributed by atoms with Crippen LogP contribution in [-0.4, -0.2) is 26.4 Å².